The van der Waals surface area contributed by atoms with E-state index in [2.05, 4.69) is 15.8 Å². The third-order valence-electron chi connectivity index (χ3n) is 4.54. The molecule has 1 aliphatic heterocycles. The molecule has 1 aliphatic rings. The highest BCUT2D eigenvalue weighted by atomic mass is 16.5. The Morgan fingerprint density at radius 3 is 2.31 bits per heavy atom. The fourth-order valence-corrected chi connectivity index (χ4v) is 2.78. The smallest absolute Gasteiger partial charge is 0.329 e. The molecule has 0 bridgehead atoms. The average Bonchev–Trinajstić information content (AvgIpc) is 2.84. The third-order valence-corrected chi connectivity index (χ3v) is 4.54. The van der Waals surface area contributed by atoms with Crippen LogP contribution in [0.25, 0.3) is 0 Å². The molecule has 2 aromatic carbocycles. The molecule has 0 radical (unpaired) electrons. The van der Waals surface area contributed by atoms with Gasteiger partial charge in [-0.3, -0.25) is 14.4 Å². The van der Waals surface area contributed by atoms with Crippen molar-refractivity contribution < 1.29 is 28.6 Å². The lowest BCUT2D eigenvalue weighted by molar-refractivity contribution is -0.137. The van der Waals surface area contributed by atoms with Crippen LogP contribution in [0, 0.1) is 0 Å². The summed E-state index contributed by atoms with van der Waals surface area (Å²) in [5.74, 6) is -0.668. The molecule has 2 N–H and O–H groups in total. The van der Waals surface area contributed by atoms with Crippen LogP contribution in [0.1, 0.15) is 5.56 Å². The van der Waals surface area contributed by atoms with Crippen LogP contribution in [-0.2, 0) is 19.1 Å². The number of rotatable bonds is 7. The Bertz CT molecular complexity index is 953. The number of anilines is 1. The fraction of sp³-hybridized carbons (Fsp3) is 0.273. The number of methoxy groups -OCH3 is 1. The van der Waals surface area contributed by atoms with Gasteiger partial charge in [-0.05, 0) is 54.1 Å². The van der Waals surface area contributed by atoms with Crippen molar-refractivity contribution in [3.05, 3.63) is 54.1 Å². The van der Waals surface area contributed by atoms with E-state index in [1.165, 1.54) is 13.3 Å². The standard InChI is InChI=1S/C22H24N4O6/c1-30-18-8-4-17(5-9-18)24-21(28)22(29)25-23-14-16-2-6-19(7-3-16)32-15-20(27)26-10-12-31-13-11-26/h2-9,14H,10-13,15H2,1H3,(H,24,28)(H,25,29)/b23-14-. The number of nitrogens with zero attached hydrogens (tertiary/aromatic N) is 2. The molecule has 1 saturated heterocycles. The summed E-state index contributed by atoms with van der Waals surface area (Å²) in [5.41, 5.74) is 3.30. The second-order valence-electron chi connectivity index (χ2n) is 6.73. The normalized spacial score (nSPS) is 13.5. The largest absolute Gasteiger partial charge is 0.497 e. The van der Waals surface area contributed by atoms with Gasteiger partial charge >= 0.3 is 11.8 Å². The monoisotopic (exact) mass is 440 g/mol. The average molecular weight is 440 g/mol. The maximum atomic E-state index is 12.1. The molecule has 10 heteroatoms. The number of nitrogens with one attached hydrogen (secondary N) is 2. The lowest BCUT2D eigenvalue weighted by Gasteiger charge is -2.26. The molecule has 2 aromatic rings. The summed E-state index contributed by atoms with van der Waals surface area (Å²) in [4.78, 5) is 37.6. The molecular formula is C22H24N4O6. The van der Waals surface area contributed by atoms with Gasteiger partial charge in [0.1, 0.15) is 11.5 Å². The number of hydrazone groups is 1. The lowest BCUT2D eigenvalue weighted by Crippen LogP contribution is -2.42. The van der Waals surface area contributed by atoms with E-state index >= 15 is 0 Å². The number of benzene rings is 2. The highest BCUT2D eigenvalue weighted by Gasteiger charge is 2.17. The van der Waals surface area contributed by atoms with Gasteiger partial charge < -0.3 is 24.4 Å². The number of ether oxygens (including phenoxy) is 3. The summed E-state index contributed by atoms with van der Waals surface area (Å²) >= 11 is 0. The minimum Gasteiger partial charge on any atom is -0.497 e. The zero-order valence-corrected chi connectivity index (χ0v) is 17.6. The van der Waals surface area contributed by atoms with Crippen molar-refractivity contribution in [2.75, 3.05) is 45.3 Å². The van der Waals surface area contributed by atoms with Crippen LogP contribution in [-0.4, -0.2) is 68.9 Å². The molecule has 1 heterocycles. The first kappa shape index (κ1) is 22.8. The predicted octanol–water partition coefficient (Wildman–Crippen LogP) is 1.02. The van der Waals surface area contributed by atoms with E-state index in [1.807, 2.05) is 0 Å². The number of carbonyl (C=O) groups is 3. The maximum Gasteiger partial charge on any atom is 0.329 e. The molecule has 0 atom stereocenters. The number of morpholine rings is 1. The topological polar surface area (TPSA) is 119 Å². The molecular weight excluding hydrogens is 416 g/mol. The van der Waals surface area contributed by atoms with Crippen molar-refractivity contribution in [3.8, 4) is 11.5 Å². The van der Waals surface area contributed by atoms with Crippen LogP contribution in [0.2, 0.25) is 0 Å². The molecule has 3 rings (SSSR count). The van der Waals surface area contributed by atoms with Crippen molar-refractivity contribution in [1.82, 2.24) is 10.3 Å². The summed E-state index contributed by atoms with van der Waals surface area (Å²) in [6.45, 7) is 2.18. The van der Waals surface area contributed by atoms with Crippen LogP contribution in [0.15, 0.2) is 53.6 Å². The Morgan fingerprint density at radius 1 is 1.00 bits per heavy atom. The minimum atomic E-state index is -0.904. The zero-order chi connectivity index (χ0) is 22.8. The van der Waals surface area contributed by atoms with Crippen LogP contribution < -0.4 is 20.2 Å². The van der Waals surface area contributed by atoms with E-state index < -0.39 is 11.8 Å². The van der Waals surface area contributed by atoms with Gasteiger partial charge in [0.2, 0.25) is 0 Å². The van der Waals surface area contributed by atoms with Crippen molar-refractivity contribution in [2.24, 2.45) is 5.10 Å². The molecule has 0 aromatic heterocycles. The highest BCUT2D eigenvalue weighted by Crippen LogP contribution is 2.15. The van der Waals surface area contributed by atoms with Crippen LogP contribution in [0.3, 0.4) is 0 Å². The highest BCUT2D eigenvalue weighted by molar-refractivity contribution is 6.39. The van der Waals surface area contributed by atoms with Crippen molar-refractivity contribution in [2.45, 2.75) is 0 Å². The summed E-state index contributed by atoms with van der Waals surface area (Å²) < 4.78 is 15.8. The Kier molecular flexibility index (Phi) is 8.15. The van der Waals surface area contributed by atoms with Crippen LogP contribution in [0.4, 0.5) is 5.69 Å². The first-order valence-corrected chi connectivity index (χ1v) is 9.92. The van der Waals surface area contributed by atoms with Gasteiger partial charge in [0.15, 0.2) is 6.61 Å². The van der Waals surface area contributed by atoms with Crippen LogP contribution in [0.5, 0.6) is 11.5 Å². The number of amides is 3. The quantitative estimate of drug-likeness (QED) is 0.377. The number of carbonyl (C=O) groups excluding carboxylic acids is 3. The third kappa shape index (κ3) is 6.81. The molecule has 10 nitrogen and oxygen atoms in total. The van der Waals surface area contributed by atoms with E-state index in [0.717, 1.165) is 0 Å². The second kappa shape index (κ2) is 11.5. The summed E-state index contributed by atoms with van der Waals surface area (Å²) in [6, 6.07) is 13.4. The van der Waals surface area contributed by atoms with Gasteiger partial charge in [0.05, 0.1) is 26.5 Å². The SMILES string of the molecule is COc1ccc(NC(=O)C(=O)N/N=C\c2ccc(OCC(=O)N3CCOCC3)cc2)cc1. The number of hydrogen-bond donors (Lipinski definition) is 2. The van der Waals surface area contributed by atoms with E-state index in [1.54, 1.807) is 53.4 Å². The van der Waals surface area contributed by atoms with E-state index in [0.29, 0.717) is 49.1 Å². The van der Waals surface area contributed by atoms with Crippen molar-refractivity contribution in [3.63, 3.8) is 0 Å². The van der Waals surface area contributed by atoms with Crippen LogP contribution >= 0.6 is 0 Å². The van der Waals surface area contributed by atoms with Crippen molar-refractivity contribution >= 4 is 29.6 Å². The minimum absolute atomic E-state index is 0.0488. The molecule has 3 amide bonds. The Balaban J connectivity index is 1.42. The summed E-state index contributed by atoms with van der Waals surface area (Å²) in [7, 11) is 1.53. The van der Waals surface area contributed by atoms with Gasteiger partial charge in [0.25, 0.3) is 5.91 Å². The summed E-state index contributed by atoms with van der Waals surface area (Å²) in [5, 5.41) is 6.24. The first-order chi connectivity index (χ1) is 15.5. The van der Waals surface area contributed by atoms with Gasteiger partial charge in [-0.1, -0.05) is 0 Å². The number of hydrogen-bond acceptors (Lipinski definition) is 7. The zero-order valence-electron chi connectivity index (χ0n) is 17.6. The van der Waals surface area contributed by atoms with Gasteiger partial charge in [-0.25, -0.2) is 5.43 Å². The first-order valence-electron chi connectivity index (χ1n) is 9.92. The molecule has 0 saturated carbocycles. The summed E-state index contributed by atoms with van der Waals surface area (Å²) in [6.07, 6.45) is 1.39. The fourth-order valence-electron chi connectivity index (χ4n) is 2.78. The van der Waals surface area contributed by atoms with E-state index in [4.69, 9.17) is 14.2 Å². The van der Waals surface area contributed by atoms with E-state index in [9.17, 15) is 14.4 Å². The Morgan fingerprint density at radius 2 is 1.66 bits per heavy atom. The molecule has 0 aliphatic carbocycles. The molecule has 32 heavy (non-hydrogen) atoms. The second-order valence-corrected chi connectivity index (χ2v) is 6.73. The lowest BCUT2D eigenvalue weighted by atomic mass is 10.2. The molecule has 168 valence electrons. The van der Waals surface area contributed by atoms with Crippen molar-refractivity contribution in [1.29, 1.82) is 0 Å². The molecule has 0 unspecified atom stereocenters. The Hall–Kier alpha value is -3.92. The Labute approximate surface area is 185 Å². The maximum absolute atomic E-state index is 12.1. The van der Waals surface area contributed by atoms with E-state index in [-0.39, 0.29) is 12.5 Å². The molecule has 1 fully saturated rings. The van der Waals surface area contributed by atoms with Gasteiger partial charge in [-0.15, -0.1) is 0 Å². The van der Waals surface area contributed by atoms with Gasteiger partial charge in [-0.2, -0.15) is 5.10 Å². The molecule has 0 spiro atoms. The predicted molar refractivity (Wildman–Crippen MR) is 117 cm³/mol. The van der Waals surface area contributed by atoms with Gasteiger partial charge in [0, 0.05) is 18.8 Å².